The van der Waals surface area contributed by atoms with Gasteiger partial charge in [-0.2, -0.15) is 5.21 Å². The third-order valence-corrected chi connectivity index (χ3v) is 1.60. The van der Waals surface area contributed by atoms with Crippen LogP contribution in [0.25, 0.3) is 11.4 Å². The van der Waals surface area contributed by atoms with Crippen molar-refractivity contribution in [2.45, 2.75) is 0 Å². The first-order valence-electron chi connectivity index (χ1n) is 3.71. The molecule has 0 atom stereocenters. The second-order valence-electron chi connectivity index (χ2n) is 2.44. The van der Waals surface area contributed by atoms with Crippen molar-refractivity contribution >= 4 is 5.97 Å². The summed E-state index contributed by atoms with van der Waals surface area (Å²) in [6, 6.07) is 3.18. The second-order valence-corrected chi connectivity index (χ2v) is 2.44. The van der Waals surface area contributed by atoms with Gasteiger partial charge in [-0.25, -0.2) is 9.78 Å². The van der Waals surface area contributed by atoms with E-state index in [2.05, 4.69) is 25.6 Å². The topological polar surface area (TPSA) is 105 Å². The fraction of sp³-hybridized carbons (Fsp3) is 0. The highest BCUT2D eigenvalue weighted by Gasteiger charge is 2.15. The maximum absolute atomic E-state index is 10.8. The lowest BCUT2D eigenvalue weighted by Crippen LogP contribution is -2.03. The average Bonchev–Trinajstić information content (AvgIpc) is 2.70. The summed E-state index contributed by atoms with van der Waals surface area (Å²) in [4.78, 5) is 14.5. The van der Waals surface area contributed by atoms with E-state index in [9.17, 15) is 4.79 Å². The number of rotatable bonds is 2. The predicted octanol–water partition coefficient (Wildman–Crippen LogP) is -0.0401. The lowest BCUT2D eigenvalue weighted by molar-refractivity contribution is 0.0691. The largest absolute Gasteiger partial charge is 0.476 e. The van der Waals surface area contributed by atoms with Crippen LogP contribution in [0.15, 0.2) is 18.3 Å². The zero-order valence-corrected chi connectivity index (χ0v) is 6.88. The third-order valence-electron chi connectivity index (χ3n) is 1.60. The van der Waals surface area contributed by atoms with Gasteiger partial charge in [-0.1, -0.05) is 0 Å². The van der Waals surface area contributed by atoms with Crippen molar-refractivity contribution < 1.29 is 9.90 Å². The molecule has 0 spiro atoms. The van der Waals surface area contributed by atoms with Gasteiger partial charge in [0, 0.05) is 6.20 Å². The number of tetrazole rings is 1. The Morgan fingerprint density at radius 3 is 3.00 bits per heavy atom. The van der Waals surface area contributed by atoms with Crippen molar-refractivity contribution in [3.8, 4) is 11.4 Å². The van der Waals surface area contributed by atoms with Crippen LogP contribution in [0.5, 0.6) is 0 Å². The number of nitrogens with one attached hydrogen (secondary N) is 1. The minimum absolute atomic E-state index is 0.0890. The van der Waals surface area contributed by atoms with Crippen molar-refractivity contribution in [2.24, 2.45) is 0 Å². The van der Waals surface area contributed by atoms with E-state index < -0.39 is 5.97 Å². The van der Waals surface area contributed by atoms with Crippen LogP contribution in [-0.2, 0) is 0 Å². The maximum atomic E-state index is 10.8. The Morgan fingerprint density at radius 2 is 2.36 bits per heavy atom. The number of nitrogens with zero attached hydrogens (tertiary/aromatic N) is 4. The van der Waals surface area contributed by atoms with E-state index in [1.165, 1.54) is 6.20 Å². The van der Waals surface area contributed by atoms with Crippen molar-refractivity contribution in [2.75, 3.05) is 0 Å². The molecule has 2 rings (SSSR count). The van der Waals surface area contributed by atoms with Crippen LogP contribution >= 0.6 is 0 Å². The highest BCUT2D eigenvalue weighted by Crippen LogP contribution is 2.16. The van der Waals surface area contributed by atoms with Gasteiger partial charge < -0.3 is 5.11 Å². The van der Waals surface area contributed by atoms with Crippen molar-refractivity contribution in [3.63, 3.8) is 0 Å². The van der Waals surface area contributed by atoms with Gasteiger partial charge in [0.05, 0.1) is 5.56 Å². The molecule has 0 aliphatic heterocycles. The standard InChI is InChI=1S/C7H5N5O2/c13-7(14)5-4(2-1-3-8-5)6-9-11-12-10-6/h1-3H,(H,13,14)(H,9,10,11,12). The van der Waals surface area contributed by atoms with E-state index in [-0.39, 0.29) is 11.5 Å². The molecular weight excluding hydrogens is 186 g/mol. The highest BCUT2D eigenvalue weighted by molar-refractivity contribution is 5.92. The molecule has 0 aromatic carbocycles. The first-order chi connectivity index (χ1) is 6.79. The summed E-state index contributed by atoms with van der Waals surface area (Å²) in [5.41, 5.74) is 0.252. The molecule has 70 valence electrons. The number of aromatic amines is 1. The Kier molecular flexibility index (Phi) is 1.90. The molecule has 0 amide bonds. The maximum Gasteiger partial charge on any atom is 0.355 e. The summed E-state index contributed by atoms with van der Waals surface area (Å²) in [5, 5.41) is 21.8. The van der Waals surface area contributed by atoms with E-state index in [4.69, 9.17) is 5.11 Å². The third kappa shape index (κ3) is 1.30. The van der Waals surface area contributed by atoms with Crippen LogP contribution < -0.4 is 0 Å². The number of aromatic carboxylic acids is 1. The van der Waals surface area contributed by atoms with Gasteiger partial charge in [0.2, 0.25) is 5.82 Å². The van der Waals surface area contributed by atoms with Gasteiger partial charge in [-0.3, -0.25) is 0 Å². The second kappa shape index (κ2) is 3.21. The van der Waals surface area contributed by atoms with Gasteiger partial charge in [0.1, 0.15) is 0 Å². The summed E-state index contributed by atoms with van der Waals surface area (Å²) in [6.45, 7) is 0. The van der Waals surface area contributed by atoms with Crippen molar-refractivity contribution in [3.05, 3.63) is 24.0 Å². The van der Waals surface area contributed by atoms with Gasteiger partial charge in [-0.15, -0.1) is 10.2 Å². The fourth-order valence-electron chi connectivity index (χ4n) is 1.03. The summed E-state index contributed by atoms with van der Waals surface area (Å²) in [5.74, 6) is -0.902. The molecule has 0 bridgehead atoms. The molecule has 2 heterocycles. The van der Waals surface area contributed by atoms with Gasteiger partial charge in [-0.05, 0) is 17.3 Å². The average molecular weight is 191 g/mol. The number of H-pyrrole nitrogens is 1. The molecule has 0 saturated carbocycles. The van der Waals surface area contributed by atoms with E-state index in [1.807, 2.05) is 0 Å². The van der Waals surface area contributed by atoms with Gasteiger partial charge in [0.15, 0.2) is 5.69 Å². The number of carboxylic acid groups (broad SMARTS) is 1. The van der Waals surface area contributed by atoms with Crippen LogP contribution in [-0.4, -0.2) is 36.7 Å². The first-order valence-corrected chi connectivity index (χ1v) is 3.71. The summed E-state index contributed by atoms with van der Waals surface area (Å²) in [7, 11) is 0. The lowest BCUT2D eigenvalue weighted by atomic mass is 10.2. The SMILES string of the molecule is O=C(O)c1ncccc1-c1nn[nH]n1. The number of carboxylic acids is 1. The van der Waals surface area contributed by atoms with E-state index >= 15 is 0 Å². The van der Waals surface area contributed by atoms with Crippen molar-refractivity contribution in [1.29, 1.82) is 0 Å². The minimum Gasteiger partial charge on any atom is -0.476 e. The van der Waals surface area contributed by atoms with Crippen LogP contribution in [0.1, 0.15) is 10.5 Å². The molecule has 0 radical (unpaired) electrons. The molecule has 7 nitrogen and oxygen atoms in total. The molecule has 2 N–H and O–H groups in total. The lowest BCUT2D eigenvalue weighted by Gasteiger charge is -1.98. The minimum atomic E-state index is -1.12. The molecule has 2 aromatic rings. The summed E-state index contributed by atoms with van der Waals surface area (Å²) in [6.07, 6.45) is 1.40. The Balaban J connectivity index is 2.58. The Hall–Kier alpha value is -2.31. The zero-order valence-electron chi connectivity index (χ0n) is 6.88. The summed E-state index contributed by atoms with van der Waals surface area (Å²) < 4.78 is 0. The van der Waals surface area contributed by atoms with Gasteiger partial charge >= 0.3 is 5.97 Å². The molecule has 0 unspecified atom stereocenters. The van der Waals surface area contributed by atoms with Crippen LogP contribution in [0, 0.1) is 0 Å². The zero-order chi connectivity index (χ0) is 9.97. The Labute approximate surface area is 77.8 Å². The van der Waals surface area contributed by atoms with E-state index in [1.54, 1.807) is 12.1 Å². The molecule has 2 aromatic heterocycles. The monoisotopic (exact) mass is 191 g/mol. The molecule has 0 aliphatic carbocycles. The number of carbonyl (C=O) groups is 1. The number of hydrogen-bond acceptors (Lipinski definition) is 5. The smallest absolute Gasteiger partial charge is 0.355 e. The molecule has 0 fully saturated rings. The van der Waals surface area contributed by atoms with Crippen molar-refractivity contribution in [1.82, 2.24) is 25.6 Å². The summed E-state index contributed by atoms with van der Waals surface area (Å²) >= 11 is 0. The first kappa shape index (κ1) is 8.30. The molecular formula is C7H5N5O2. The Morgan fingerprint density at radius 1 is 1.50 bits per heavy atom. The number of aromatic nitrogens is 5. The van der Waals surface area contributed by atoms with E-state index in [0.29, 0.717) is 5.56 Å². The Bertz CT molecular complexity index is 453. The molecule has 0 saturated heterocycles. The normalized spacial score (nSPS) is 10.0. The van der Waals surface area contributed by atoms with Gasteiger partial charge in [0.25, 0.3) is 0 Å². The molecule has 0 aliphatic rings. The predicted molar refractivity (Wildman–Crippen MR) is 44.4 cm³/mol. The van der Waals surface area contributed by atoms with Crippen LogP contribution in [0.3, 0.4) is 0 Å². The molecule has 7 heteroatoms. The number of pyridine rings is 1. The number of hydrogen-bond donors (Lipinski definition) is 2. The quantitative estimate of drug-likeness (QED) is 0.690. The molecule has 14 heavy (non-hydrogen) atoms. The fourth-order valence-corrected chi connectivity index (χ4v) is 1.03. The van der Waals surface area contributed by atoms with E-state index in [0.717, 1.165) is 0 Å². The van der Waals surface area contributed by atoms with Crippen LogP contribution in [0.4, 0.5) is 0 Å². The highest BCUT2D eigenvalue weighted by atomic mass is 16.4. The van der Waals surface area contributed by atoms with Crippen LogP contribution in [0.2, 0.25) is 0 Å².